The molecule has 160 valence electrons. The Hall–Kier alpha value is -2.33. The highest BCUT2D eigenvalue weighted by Crippen LogP contribution is 2.34. The van der Waals surface area contributed by atoms with E-state index < -0.39 is 46.1 Å². The van der Waals surface area contributed by atoms with Crippen LogP contribution >= 0.6 is 11.3 Å². The first-order valence-electron chi connectivity index (χ1n) is 8.20. The molecule has 15 heteroatoms. The van der Waals surface area contributed by atoms with Crippen molar-refractivity contribution >= 4 is 44.3 Å². The lowest BCUT2D eigenvalue weighted by atomic mass is 9.93. The normalized spacial score (nSPS) is 26.9. The third-order valence-corrected chi connectivity index (χ3v) is 5.80. The molecule has 3 rings (SSSR count). The van der Waals surface area contributed by atoms with Crippen LogP contribution in [0.15, 0.2) is 10.5 Å². The van der Waals surface area contributed by atoms with E-state index in [0.717, 1.165) is 11.3 Å². The van der Waals surface area contributed by atoms with Crippen LogP contribution in [-0.4, -0.2) is 77.5 Å². The monoisotopic (exact) mass is 449 g/mol. The molecule has 0 spiro atoms. The van der Waals surface area contributed by atoms with E-state index in [-0.39, 0.29) is 27.4 Å². The maximum absolute atomic E-state index is 12.7. The van der Waals surface area contributed by atoms with Gasteiger partial charge in [-0.1, -0.05) is 5.16 Å². The first-order valence-corrected chi connectivity index (χ1v) is 10.5. The molecule has 3 atom stereocenters. The Balaban J connectivity index is 1.85. The Morgan fingerprint density at radius 3 is 2.72 bits per heavy atom. The fourth-order valence-corrected chi connectivity index (χ4v) is 4.50. The van der Waals surface area contributed by atoms with Crippen LogP contribution < -0.4 is 11.1 Å². The zero-order chi connectivity index (χ0) is 21.6. The number of β-lactam (4-membered cyclic amide) rings is 1. The van der Waals surface area contributed by atoms with Crippen LogP contribution in [-0.2, 0) is 34.2 Å². The molecule has 3 heterocycles. The number of rotatable bonds is 6. The highest BCUT2D eigenvalue weighted by molar-refractivity contribution is 7.84. The van der Waals surface area contributed by atoms with E-state index in [1.807, 2.05) is 0 Å². The van der Waals surface area contributed by atoms with Crippen molar-refractivity contribution in [3.8, 4) is 0 Å². The quantitative estimate of drug-likeness (QED) is 0.205. The van der Waals surface area contributed by atoms with Gasteiger partial charge in [0.25, 0.3) is 11.8 Å². The predicted molar refractivity (Wildman–Crippen MR) is 99.1 cm³/mol. The molecule has 2 amide bonds. The number of oxime groups is 1. The smallest absolute Gasteiger partial charge is 0.362 e. The summed E-state index contributed by atoms with van der Waals surface area (Å²) in [6.45, 7) is 3.16. The van der Waals surface area contributed by atoms with Crippen LogP contribution in [0.5, 0.6) is 0 Å². The fraction of sp³-hybridized carbons (Fsp3) is 0.571. The number of amides is 2. The highest BCUT2D eigenvalue weighted by Gasteiger charge is 2.60. The number of hydrogen-bond donors (Lipinski definition) is 3. The van der Waals surface area contributed by atoms with E-state index in [0.29, 0.717) is 0 Å². The van der Waals surface area contributed by atoms with Gasteiger partial charge in [-0.25, -0.2) is 9.29 Å². The molecule has 0 radical (unpaired) electrons. The summed E-state index contributed by atoms with van der Waals surface area (Å²) in [7, 11) is -3.66. The second-order valence-corrected chi connectivity index (χ2v) is 8.79. The van der Waals surface area contributed by atoms with Crippen molar-refractivity contribution in [2.45, 2.75) is 37.8 Å². The molecule has 0 bridgehead atoms. The average molecular weight is 449 g/mol. The fourth-order valence-electron chi connectivity index (χ4n) is 3.05. The summed E-state index contributed by atoms with van der Waals surface area (Å²) in [6, 6.07) is -2.53. The highest BCUT2D eigenvalue weighted by atomic mass is 32.2. The molecule has 2 fully saturated rings. The van der Waals surface area contributed by atoms with Crippen LogP contribution in [0.1, 0.15) is 19.5 Å². The molecule has 2 saturated heterocycles. The molecule has 0 saturated carbocycles. The minimum absolute atomic E-state index is 0.0506. The minimum Gasteiger partial charge on any atom is -0.398 e. The van der Waals surface area contributed by atoms with E-state index in [1.54, 1.807) is 13.8 Å². The molecular formula is C14H19N5O8S2. The Morgan fingerprint density at radius 1 is 1.55 bits per heavy atom. The number of carbonyl (C=O) groups is 2. The Morgan fingerprint density at radius 2 is 2.24 bits per heavy atom. The van der Waals surface area contributed by atoms with Gasteiger partial charge in [-0.15, -0.1) is 11.3 Å². The van der Waals surface area contributed by atoms with Gasteiger partial charge in [-0.2, -0.15) is 8.42 Å². The third-order valence-electron chi connectivity index (χ3n) is 4.20. The van der Waals surface area contributed by atoms with Gasteiger partial charge < -0.3 is 25.4 Å². The first kappa shape index (κ1) is 21.4. The van der Waals surface area contributed by atoms with E-state index in [2.05, 4.69) is 20.3 Å². The number of nitrogens with two attached hydrogens (primary N) is 1. The topological polar surface area (TPSA) is 183 Å². The summed E-state index contributed by atoms with van der Waals surface area (Å²) in [5.41, 5.74) is 5.42. The van der Waals surface area contributed by atoms with E-state index >= 15 is 0 Å². The molecule has 1 unspecified atom stereocenters. The maximum Gasteiger partial charge on any atom is 0.362 e. The van der Waals surface area contributed by atoms with Crippen LogP contribution in [0, 0.1) is 0 Å². The Labute approximate surface area is 169 Å². The summed E-state index contributed by atoms with van der Waals surface area (Å²) in [5.74, 6) is -2.91. The van der Waals surface area contributed by atoms with Gasteiger partial charge in [0.2, 0.25) is 0 Å². The SMILES string of the molecule is CON=C(C(=O)N[C@@H]1C(=O)N(S(=O)(=O)O)[C@@H]1C1COC(C)(C)O1)c1csc(N)n1. The number of ether oxygens (including phenoxy) is 2. The summed E-state index contributed by atoms with van der Waals surface area (Å²) in [6.07, 6.45) is -0.910. The van der Waals surface area contributed by atoms with Gasteiger partial charge in [0.05, 0.1) is 6.61 Å². The number of hydrogen-bond acceptors (Lipinski definition) is 11. The van der Waals surface area contributed by atoms with Crippen molar-refractivity contribution in [2.75, 3.05) is 19.5 Å². The summed E-state index contributed by atoms with van der Waals surface area (Å²) >= 11 is 1.07. The van der Waals surface area contributed by atoms with Gasteiger partial charge in [0.15, 0.2) is 16.6 Å². The van der Waals surface area contributed by atoms with Crippen molar-refractivity contribution in [1.82, 2.24) is 14.6 Å². The number of nitrogens with zero attached hydrogens (tertiary/aromatic N) is 3. The second kappa shape index (κ2) is 7.49. The van der Waals surface area contributed by atoms with Crippen molar-refractivity contribution in [3.05, 3.63) is 11.1 Å². The molecule has 13 nitrogen and oxygen atoms in total. The number of nitrogen functional groups attached to an aromatic ring is 1. The number of thiazole rings is 1. The largest absolute Gasteiger partial charge is 0.398 e. The molecule has 1 aromatic rings. The third kappa shape index (κ3) is 4.18. The van der Waals surface area contributed by atoms with E-state index in [1.165, 1.54) is 12.5 Å². The Bertz CT molecular complexity index is 959. The average Bonchev–Trinajstić information content (AvgIpc) is 3.18. The molecule has 2 aliphatic heterocycles. The van der Waals surface area contributed by atoms with Crippen LogP contribution in [0.4, 0.5) is 5.13 Å². The summed E-state index contributed by atoms with van der Waals surface area (Å²) in [5, 5.41) is 7.64. The molecule has 2 aliphatic rings. The lowest BCUT2D eigenvalue weighted by molar-refractivity contribution is -0.165. The number of anilines is 1. The number of aromatic nitrogens is 1. The zero-order valence-corrected chi connectivity index (χ0v) is 17.2. The summed E-state index contributed by atoms with van der Waals surface area (Å²) in [4.78, 5) is 33.6. The molecule has 29 heavy (non-hydrogen) atoms. The number of carbonyl (C=O) groups excluding carboxylic acids is 2. The first-order chi connectivity index (χ1) is 13.4. The lowest BCUT2D eigenvalue weighted by Gasteiger charge is -2.46. The van der Waals surface area contributed by atoms with Crippen LogP contribution in [0.25, 0.3) is 0 Å². The number of nitrogens with one attached hydrogen (secondary N) is 1. The van der Waals surface area contributed by atoms with E-state index in [4.69, 9.17) is 15.2 Å². The molecular weight excluding hydrogens is 430 g/mol. The molecule has 4 N–H and O–H groups in total. The second-order valence-electron chi connectivity index (χ2n) is 6.61. The standard InChI is InChI=1S/C14H19N5O8S2/c1-14(2)26-4-7(27-14)10-9(12(21)19(10)29(22,23)24)17-11(20)8(18-25-3)6-5-28-13(15)16-6/h5,7,9-10H,4H2,1-3H3,(H2,15,16)(H,17,20)(H,22,23,24)/t7?,9-,10+/m0/s1. The van der Waals surface area contributed by atoms with Gasteiger partial charge in [-0.3, -0.25) is 14.1 Å². The van der Waals surface area contributed by atoms with Gasteiger partial charge in [0.1, 0.15) is 31.0 Å². The van der Waals surface area contributed by atoms with Crippen molar-refractivity contribution in [2.24, 2.45) is 5.16 Å². The minimum atomic E-state index is -4.87. The Kier molecular flexibility index (Phi) is 5.52. The van der Waals surface area contributed by atoms with E-state index in [9.17, 15) is 22.6 Å². The van der Waals surface area contributed by atoms with Gasteiger partial charge in [-0.05, 0) is 13.8 Å². The summed E-state index contributed by atoms with van der Waals surface area (Å²) < 4.78 is 43.9. The molecule has 1 aromatic heterocycles. The molecule has 0 aliphatic carbocycles. The van der Waals surface area contributed by atoms with Crippen molar-refractivity contribution < 1.29 is 36.9 Å². The lowest BCUT2D eigenvalue weighted by Crippen LogP contribution is -2.75. The van der Waals surface area contributed by atoms with Crippen molar-refractivity contribution in [1.29, 1.82) is 0 Å². The van der Waals surface area contributed by atoms with Gasteiger partial charge in [0, 0.05) is 5.38 Å². The van der Waals surface area contributed by atoms with Crippen LogP contribution in [0.2, 0.25) is 0 Å². The zero-order valence-electron chi connectivity index (χ0n) is 15.6. The molecule has 0 aromatic carbocycles. The van der Waals surface area contributed by atoms with Gasteiger partial charge >= 0.3 is 10.3 Å². The maximum atomic E-state index is 12.7. The van der Waals surface area contributed by atoms with Crippen LogP contribution in [0.3, 0.4) is 0 Å². The predicted octanol–water partition coefficient (Wildman–Crippen LogP) is -1.27. The van der Waals surface area contributed by atoms with Crippen molar-refractivity contribution in [3.63, 3.8) is 0 Å².